The average Bonchev–Trinajstić information content (AvgIpc) is 3.06. The molecule has 2 heterocycles. The number of aromatic amines is 1. The Kier molecular flexibility index (Phi) is 7.79. The van der Waals surface area contributed by atoms with E-state index < -0.39 is 62.2 Å². The molecule has 2 aromatic rings. The first-order valence-corrected chi connectivity index (χ1v) is 11.2. The molecule has 1 fully saturated rings. The van der Waals surface area contributed by atoms with E-state index in [1.54, 1.807) is 18.2 Å². The van der Waals surface area contributed by atoms with Crippen LogP contribution in [0, 0.1) is 0 Å². The number of carbonyl (C=O) groups excluding carboxylic acids is 1. The maximum absolute atomic E-state index is 13.3. The lowest BCUT2D eigenvalue weighted by Gasteiger charge is -2.24. The number of para-hydroxylation sites is 1. The van der Waals surface area contributed by atoms with Crippen molar-refractivity contribution in [2.24, 2.45) is 0 Å². The first-order chi connectivity index (χ1) is 15.6. The molecular weight excluding hydrogens is 463 g/mol. The number of carbonyl (C=O) groups is 1. The molecule has 0 saturated carbocycles. The van der Waals surface area contributed by atoms with Gasteiger partial charge in [0, 0.05) is 0 Å². The highest BCUT2D eigenvalue weighted by atomic mass is 31.2. The molecule has 0 bridgehead atoms. The van der Waals surface area contributed by atoms with Crippen LogP contribution < -0.4 is 20.9 Å². The minimum absolute atomic E-state index is 0.167. The van der Waals surface area contributed by atoms with Crippen LogP contribution in [0.25, 0.3) is 0 Å². The number of rotatable bonds is 9. The third-order valence-corrected chi connectivity index (χ3v) is 6.24. The van der Waals surface area contributed by atoms with Crippen molar-refractivity contribution in [2.45, 2.75) is 37.5 Å². The summed E-state index contributed by atoms with van der Waals surface area (Å²) in [6.45, 7) is 0.809. The number of methoxy groups -OCH3 is 1. The Morgan fingerprint density at radius 1 is 1.30 bits per heavy atom. The second-order valence-corrected chi connectivity index (χ2v) is 8.70. The van der Waals surface area contributed by atoms with Crippen LogP contribution >= 0.6 is 7.75 Å². The fraction of sp³-hybridized carbons (Fsp3) is 0.444. The third-order valence-electron chi connectivity index (χ3n) is 4.60. The van der Waals surface area contributed by atoms with Gasteiger partial charge in [-0.25, -0.2) is 9.36 Å². The molecular formula is C18H23N4O10P. The molecule has 0 radical (unpaired) electrons. The van der Waals surface area contributed by atoms with E-state index >= 15 is 0 Å². The molecule has 4 N–H and O–H groups in total. The van der Waals surface area contributed by atoms with E-state index in [1.165, 1.54) is 19.1 Å². The highest BCUT2D eigenvalue weighted by Crippen LogP contribution is 2.45. The summed E-state index contributed by atoms with van der Waals surface area (Å²) in [5.74, 6) is -0.563. The summed E-state index contributed by atoms with van der Waals surface area (Å²) in [5, 5.41) is 26.6. The topological polar surface area (TPSA) is 191 Å². The van der Waals surface area contributed by atoms with Gasteiger partial charge < -0.3 is 24.2 Å². The number of esters is 1. The Morgan fingerprint density at radius 3 is 2.64 bits per heavy atom. The smallest absolute Gasteiger partial charge is 0.459 e. The van der Waals surface area contributed by atoms with Crippen LogP contribution in [0.15, 0.2) is 46.1 Å². The number of ether oxygens (including phenoxy) is 2. The van der Waals surface area contributed by atoms with Gasteiger partial charge in [0.15, 0.2) is 6.23 Å². The molecule has 1 aliphatic heterocycles. The molecule has 1 unspecified atom stereocenters. The summed E-state index contributed by atoms with van der Waals surface area (Å²) >= 11 is 0. The molecule has 14 nitrogen and oxygen atoms in total. The van der Waals surface area contributed by atoms with Gasteiger partial charge in [0.1, 0.15) is 36.3 Å². The fourth-order valence-corrected chi connectivity index (χ4v) is 4.46. The number of hydrogen-bond acceptors (Lipinski definition) is 11. The maximum Gasteiger partial charge on any atom is 0.459 e. The lowest BCUT2D eigenvalue weighted by atomic mass is 10.1. The number of nitrogens with one attached hydrogen (secondary N) is 2. The Balaban J connectivity index is 1.76. The molecule has 6 atom stereocenters. The van der Waals surface area contributed by atoms with Crippen molar-refractivity contribution in [3.63, 3.8) is 0 Å². The summed E-state index contributed by atoms with van der Waals surface area (Å²) < 4.78 is 34.9. The Morgan fingerprint density at radius 2 is 2.00 bits per heavy atom. The summed E-state index contributed by atoms with van der Waals surface area (Å²) in [7, 11) is -3.07. The minimum atomic E-state index is -4.23. The van der Waals surface area contributed by atoms with Crippen molar-refractivity contribution >= 4 is 13.7 Å². The first kappa shape index (κ1) is 24.8. The van der Waals surface area contributed by atoms with Crippen LogP contribution in [0.3, 0.4) is 0 Å². The van der Waals surface area contributed by atoms with Crippen LogP contribution in [-0.4, -0.2) is 69.0 Å². The molecule has 0 amide bonds. The largest absolute Gasteiger partial charge is 0.468 e. The van der Waals surface area contributed by atoms with Crippen molar-refractivity contribution in [3.8, 4) is 5.75 Å². The van der Waals surface area contributed by atoms with Gasteiger partial charge in [-0.3, -0.25) is 19.1 Å². The van der Waals surface area contributed by atoms with Crippen molar-refractivity contribution < 1.29 is 38.1 Å². The second kappa shape index (κ2) is 10.4. The zero-order valence-electron chi connectivity index (χ0n) is 17.6. The number of aliphatic hydroxyl groups is 2. The second-order valence-electron chi connectivity index (χ2n) is 7.00. The number of hydrogen-bond donors (Lipinski definition) is 4. The van der Waals surface area contributed by atoms with Gasteiger partial charge in [-0.05, 0) is 19.1 Å². The van der Waals surface area contributed by atoms with Crippen molar-refractivity contribution in [1.82, 2.24) is 19.9 Å². The predicted molar refractivity (Wildman–Crippen MR) is 110 cm³/mol. The zero-order valence-corrected chi connectivity index (χ0v) is 18.5. The van der Waals surface area contributed by atoms with Gasteiger partial charge in [0.05, 0.1) is 13.7 Å². The molecule has 1 aromatic carbocycles. The molecule has 3 rings (SSSR count). The van der Waals surface area contributed by atoms with Crippen LogP contribution in [0.5, 0.6) is 5.75 Å². The SMILES string of the molecule is COC(=O)[C@H](C)NP(=O)(OC[C@H]1O[C@@H](n2ncc(=O)[nH]c2=O)[C@H](O)[C@@H]1O)Oc1ccccc1. The van der Waals surface area contributed by atoms with Crippen LogP contribution in [-0.2, 0) is 23.4 Å². The van der Waals surface area contributed by atoms with Crippen molar-refractivity contribution in [3.05, 3.63) is 57.4 Å². The molecule has 1 saturated heterocycles. The number of aromatic nitrogens is 3. The Bertz CT molecular complexity index is 1120. The molecule has 1 aromatic heterocycles. The van der Waals surface area contributed by atoms with Crippen LogP contribution in [0.1, 0.15) is 13.2 Å². The van der Waals surface area contributed by atoms with E-state index in [9.17, 15) is 29.2 Å². The summed E-state index contributed by atoms with van der Waals surface area (Å²) in [4.78, 5) is 36.9. The molecule has 1 aliphatic rings. The average molecular weight is 486 g/mol. The van der Waals surface area contributed by atoms with Gasteiger partial charge in [-0.2, -0.15) is 14.9 Å². The lowest BCUT2D eigenvalue weighted by Crippen LogP contribution is -2.39. The van der Waals surface area contributed by atoms with Gasteiger partial charge >= 0.3 is 19.4 Å². The standard InChI is InChI=1S/C18H23N4O10P/c1-10(17(26)29-2)21-33(28,32-11-6-4-3-5-7-11)30-9-12-14(24)15(25)16(31-12)22-18(27)20-13(23)8-19-22/h3-8,10,12,14-16,24-25H,9H2,1-2H3,(H,21,28)(H,20,23,27)/t10-,12+,14+,15+,16+,33?/m0/s1. The molecule has 0 spiro atoms. The zero-order chi connectivity index (χ0) is 24.2. The first-order valence-electron chi connectivity index (χ1n) is 9.68. The fourth-order valence-electron chi connectivity index (χ4n) is 2.96. The van der Waals surface area contributed by atoms with Crippen molar-refractivity contribution in [1.29, 1.82) is 0 Å². The third kappa shape index (κ3) is 5.93. The molecule has 180 valence electrons. The van der Waals surface area contributed by atoms with E-state index in [2.05, 4.69) is 14.9 Å². The highest BCUT2D eigenvalue weighted by Gasteiger charge is 2.46. The Hall–Kier alpha value is -2.87. The monoisotopic (exact) mass is 486 g/mol. The Labute approximate surface area is 186 Å². The molecule has 0 aliphatic carbocycles. The highest BCUT2D eigenvalue weighted by molar-refractivity contribution is 7.52. The van der Waals surface area contributed by atoms with Gasteiger partial charge in [-0.15, -0.1) is 0 Å². The quantitative estimate of drug-likeness (QED) is 0.248. The normalized spacial score (nSPS) is 25.2. The van der Waals surface area contributed by atoms with Gasteiger partial charge in [-0.1, -0.05) is 18.2 Å². The molecule has 15 heteroatoms. The number of nitrogens with zero attached hydrogens (tertiary/aromatic N) is 2. The van der Waals surface area contributed by atoms with E-state index in [-0.39, 0.29) is 5.75 Å². The van der Waals surface area contributed by atoms with E-state index in [0.29, 0.717) is 4.68 Å². The van der Waals surface area contributed by atoms with E-state index in [4.69, 9.17) is 13.8 Å². The summed E-state index contributed by atoms with van der Waals surface area (Å²) in [5.41, 5.74) is -1.72. The van der Waals surface area contributed by atoms with E-state index in [1.807, 2.05) is 4.98 Å². The van der Waals surface area contributed by atoms with Crippen LogP contribution in [0.2, 0.25) is 0 Å². The minimum Gasteiger partial charge on any atom is -0.468 e. The van der Waals surface area contributed by atoms with Gasteiger partial charge in [0.2, 0.25) is 0 Å². The number of H-pyrrole nitrogens is 1. The predicted octanol–water partition coefficient (Wildman–Crippen LogP) is -1.09. The van der Waals surface area contributed by atoms with Crippen LogP contribution in [0.4, 0.5) is 0 Å². The van der Waals surface area contributed by atoms with Crippen molar-refractivity contribution in [2.75, 3.05) is 13.7 Å². The van der Waals surface area contributed by atoms with E-state index in [0.717, 1.165) is 13.3 Å². The maximum atomic E-state index is 13.3. The summed E-state index contributed by atoms with van der Waals surface area (Å²) in [6.07, 6.45) is -5.11. The van der Waals surface area contributed by atoms with Gasteiger partial charge in [0.25, 0.3) is 5.56 Å². The lowest BCUT2D eigenvalue weighted by molar-refractivity contribution is -0.142. The number of aliphatic hydroxyl groups excluding tert-OH is 2. The molecule has 33 heavy (non-hydrogen) atoms. The number of benzene rings is 1. The summed E-state index contributed by atoms with van der Waals surface area (Å²) in [6, 6.07) is 6.90.